The molecule has 2 aromatic heterocycles. The summed E-state index contributed by atoms with van der Waals surface area (Å²) in [5.74, 6) is 0.234. The van der Waals surface area contributed by atoms with E-state index in [4.69, 9.17) is 4.74 Å². The number of ether oxygens (including phenoxy) is 1. The molecule has 160 valence electrons. The fourth-order valence-corrected chi connectivity index (χ4v) is 3.19. The van der Waals surface area contributed by atoms with Gasteiger partial charge in [0.05, 0.1) is 11.4 Å². The minimum atomic E-state index is -0.941. The topological polar surface area (TPSA) is 97.2 Å². The maximum Gasteiger partial charge on any atom is 0.326 e. The van der Waals surface area contributed by atoms with Crippen LogP contribution in [0.3, 0.4) is 0 Å². The van der Waals surface area contributed by atoms with Gasteiger partial charge in [-0.05, 0) is 42.0 Å². The van der Waals surface area contributed by atoms with Crippen molar-refractivity contribution in [1.82, 2.24) is 15.0 Å². The Labute approximate surface area is 185 Å². The van der Waals surface area contributed by atoms with Crippen LogP contribution in [0.25, 0.3) is 11.3 Å². The average Bonchev–Trinajstić information content (AvgIpc) is 2.84. The highest BCUT2D eigenvalue weighted by Crippen LogP contribution is 2.23. The molecule has 0 radical (unpaired) electrons. The zero-order chi connectivity index (χ0) is 22.2. The lowest BCUT2D eigenvalue weighted by atomic mass is 10.1. The number of nitrogens with zero attached hydrogens (tertiary/aromatic N) is 3. The summed E-state index contributed by atoms with van der Waals surface area (Å²) >= 11 is 0. The molecule has 0 aliphatic heterocycles. The summed E-state index contributed by atoms with van der Waals surface area (Å²) in [6.07, 6.45) is 3.50. The molecule has 4 aromatic rings. The minimum absolute atomic E-state index is 0.345. The summed E-state index contributed by atoms with van der Waals surface area (Å²) < 4.78 is 5.77. The second-order valence-corrected chi connectivity index (χ2v) is 7.15. The average molecular weight is 426 g/mol. The summed E-state index contributed by atoms with van der Waals surface area (Å²) in [6, 6.07) is 23.6. The molecule has 4 rings (SSSR count). The van der Waals surface area contributed by atoms with Crippen LogP contribution in [0, 0.1) is 0 Å². The van der Waals surface area contributed by atoms with Gasteiger partial charge in [-0.1, -0.05) is 36.4 Å². The van der Waals surface area contributed by atoms with E-state index >= 15 is 0 Å². The number of pyridine rings is 1. The van der Waals surface area contributed by atoms with E-state index in [2.05, 4.69) is 20.3 Å². The molecule has 2 N–H and O–H groups in total. The second-order valence-electron chi connectivity index (χ2n) is 7.15. The van der Waals surface area contributed by atoms with E-state index in [1.807, 2.05) is 72.8 Å². The van der Waals surface area contributed by atoms with Gasteiger partial charge in [-0.25, -0.2) is 14.8 Å². The maximum absolute atomic E-state index is 11.7. The van der Waals surface area contributed by atoms with E-state index in [1.165, 1.54) is 6.33 Å². The Kier molecular flexibility index (Phi) is 6.67. The summed E-state index contributed by atoms with van der Waals surface area (Å²) in [5, 5.41) is 12.6. The van der Waals surface area contributed by atoms with Crippen molar-refractivity contribution in [3.63, 3.8) is 0 Å². The Balaban J connectivity index is 1.43. The largest absolute Gasteiger partial charge is 0.487 e. The minimum Gasteiger partial charge on any atom is -0.487 e. The predicted molar refractivity (Wildman–Crippen MR) is 121 cm³/mol. The number of aromatic nitrogens is 3. The molecule has 2 aromatic carbocycles. The van der Waals surface area contributed by atoms with Gasteiger partial charge in [0.15, 0.2) is 0 Å². The number of benzene rings is 2. The van der Waals surface area contributed by atoms with Crippen LogP contribution >= 0.6 is 0 Å². The summed E-state index contributed by atoms with van der Waals surface area (Å²) in [6.45, 7) is 0.389. The zero-order valence-electron chi connectivity index (χ0n) is 17.3. The Bertz CT molecular complexity index is 1150. The van der Waals surface area contributed by atoms with Crippen molar-refractivity contribution in [3.05, 3.63) is 103 Å². The first-order chi connectivity index (χ1) is 15.7. The first-order valence-electron chi connectivity index (χ1n) is 10.2. The van der Waals surface area contributed by atoms with E-state index in [-0.39, 0.29) is 0 Å². The fourth-order valence-electron chi connectivity index (χ4n) is 3.19. The number of carbonyl (C=O) groups is 1. The SMILES string of the molecule is O=C(O)C(Cc1ccccc1)Nc1cc(-c2ccc(OCc3ccccn3)cc2)ncn1. The third-order valence-corrected chi connectivity index (χ3v) is 4.83. The normalized spacial score (nSPS) is 11.5. The molecule has 7 heteroatoms. The second kappa shape index (κ2) is 10.2. The standard InChI is InChI=1S/C25H22N4O3/c30-25(31)23(14-18-6-2-1-3-7-18)29-24-15-22(27-17-28-24)19-9-11-21(12-10-19)32-16-20-8-4-5-13-26-20/h1-13,15,17,23H,14,16H2,(H,30,31)(H,27,28,29). The van der Waals surface area contributed by atoms with Crippen LogP contribution in [-0.2, 0) is 17.8 Å². The molecule has 0 saturated carbocycles. The molecule has 0 aliphatic carbocycles. The number of hydrogen-bond acceptors (Lipinski definition) is 6. The van der Waals surface area contributed by atoms with Crippen molar-refractivity contribution in [1.29, 1.82) is 0 Å². The van der Waals surface area contributed by atoms with E-state index in [9.17, 15) is 9.90 Å². The van der Waals surface area contributed by atoms with Crippen LogP contribution in [-0.4, -0.2) is 32.1 Å². The lowest BCUT2D eigenvalue weighted by Gasteiger charge is -2.15. The van der Waals surface area contributed by atoms with E-state index in [1.54, 1.807) is 12.3 Å². The Morgan fingerprint density at radius 2 is 1.72 bits per heavy atom. The number of nitrogens with one attached hydrogen (secondary N) is 1. The van der Waals surface area contributed by atoms with E-state index in [0.29, 0.717) is 24.5 Å². The number of hydrogen-bond donors (Lipinski definition) is 2. The molecule has 0 fully saturated rings. The highest BCUT2D eigenvalue weighted by molar-refractivity contribution is 5.77. The quantitative estimate of drug-likeness (QED) is 0.413. The Hall–Kier alpha value is -4.26. The molecule has 1 unspecified atom stereocenters. The van der Waals surface area contributed by atoms with Crippen LogP contribution in [0.2, 0.25) is 0 Å². The smallest absolute Gasteiger partial charge is 0.326 e. The predicted octanol–water partition coefficient (Wildman–Crippen LogP) is 4.23. The van der Waals surface area contributed by atoms with E-state index in [0.717, 1.165) is 22.6 Å². The molecule has 0 aliphatic rings. The monoisotopic (exact) mass is 426 g/mol. The van der Waals surface area contributed by atoms with Crippen molar-refractivity contribution in [2.75, 3.05) is 5.32 Å². The molecule has 1 atom stereocenters. The fraction of sp³-hybridized carbons (Fsp3) is 0.120. The maximum atomic E-state index is 11.7. The molecule has 7 nitrogen and oxygen atoms in total. The van der Waals surface area contributed by atoms with Crippen LogP contribution in [0.15, 0.2) is 91.4 Å². The highest BCUT2D eigenvalue weighted by atomic mass is 16.5. The Morgan fingerprint density at radius 3 is 2.44 bits per heavy atom. The van der Waals surface area contributed by atoms with Gasteiger partial charge < -0.3 is 15.2 Å². The molecule has 32 heavy (non-hydrogen) atoms. The van der Waals surface area contributed by atoms with Gasteiger partial charge in [-0.15, -0.1) is 0 Å². The number of aliphatic carboxylic acids is 1. The number of anilines is 1. The number of carboxylic acid groups (broad SMARTS) is 1. The number of rotatable bonds is 9. The lowest BCUT2D eigenvalue weighted by molar-refractivity contribution is -0.137. The van der Waals surface area contributed by atoms with Crippen molar-refractivity contribution >= 4 is 11.8 Å². The Morgan fingerprint density at radius 1 is 0.938 bits per heavy atom. The van der Waals surface area contributed by atoms with Crippen molar-refractivity contribution in [2.45, 2.75) is 19.1 Å². The van der Waals surface area contributed by atoms with Gasteiger partial charge in [0.25, 0.3) is 0 Å². The molecule has 2 heterocycles. The third-order valence-electron chi connectivity index (χ3n) is 4.83. The molecule has 0 amide bonds. The molecule has 0 saturated heterocycles. The summed E-state index contributed by atoms with van der Waals surface area (Å²) in [5.41, 5.74) is 3.34. The lowest BCUT2D eigenvalue weighted by Crippen LogP contribution is -2.31. The summed E-state index contributed by atoms with van der Waals surface area (Å²) in [7, 11) is 0. The summed E-state index contributed by atoms with van der Waals surface area (Å²) in [4.78, 5) is 24.5. The molecular weight excluding hydrogens is 404 g/mol. The first-order valence-corrected chi connectivity index (χ1v) is 10.2. The van der Waals surface area contributed by atoms with Crippen LogP contribution < -0.4 is 10.1 Å². The first kappa shape index (κ1) is 21.0. The highest BCUT2D eigenvalue weighted by Gasteiger charge is 2.18. The molecule has 0 bridgehead atoms. The number of carboxylic acids is 1. The van der Waals surface area contributed by atoms with Crippen molar-refractivity contribution in [3.8, 4) is 17.0 Å². The van der Waals surface area contributed by atoms with Crippen LogP contribution in [0.4, 0.5) is 5.82 Å². The van der Waals surface area contributed by atoms with Crippen molar-refractivity contribution in [2.24, 2.45) is 0 Å². The zero-order valence-corrected chi connectivity index (χ0v) is 17.3. The van der Waals surface area contributed by atoms with Gasteiger partial charge in [-0.2, -0.15) is 0 Å². The van der Waals surface area contributed by atoms with Gasteiger partial charge in [0.2, 0.25) is 0 Å². The van der Waals surface area contributed by atoms with Crippen LogP contribution in [0.5, 0.6) is 5.75 Å². The third kappa shape index (κ3) is 5.66. The van der Waals surface area contributed by atoms with Crippen LogP contribution in [0.1, 0.15) is 11.3 Å². The van der Waals surface area contributed by atoms with Gasteiger partial charge in [-0.3, -0.25) is 4.98 Å². The molecule has 0 spiro atoms. The van der Waals surface area contributed by atoms with E-state index < -0.39 is 12.0 Å². The van der Waals surface area contributed by atoms with Gasteiger partial charge >= 0.3 is 5.97 Å². The molecular formula is C25H22N4O3. The van der Waals surface area contributed by atoms with Crippen molar-refractivity contribution < 1.29 is 14.6 Å². The van der Waals surface area contributed by atoms with Gasteiger partial charge in [0, 0.05) is 24.2 Å². The van der Waals surface area contributed by atoms with Gasteiger partial charge in [0.1, 0.15) is 30.5 Å².